The Bertz CT molecular complexity index is 376. The van der Waals surface area contributed by atoms with Gasteiger partial charge in [0.25, 0.3) is 0 Å². The molecule has 1 aromatic rings. The van der Waals surface area contributed by atoms with Gasteiger partial charge in [-0.05, 0) is 29.7 Å². The van der Waals surface area contributed by atoms with Crippen LogP contribution in [0.15, 0.2) is 22.7 Å². The van der Waals surface area contributed by atoms with Gasteiger partial charge in [0.1, 0.15) is 0 Å². The van der Waals surface area contributed by atoms with Gasteiger partial charge in [-0.15, -0.1) is 0 Å². The van der Waals surface area contributed by atoms with Crippen LogP contribution in [0.3, 0.4) is 0 Å². The van der Waals surface area contributed by atoms with Gasteiger partial charge in [-0.3, -0.25) is 0 Å². The molecule has 0 saturated carbocycles. The highest BCUT2D eigenvalue weighted by Crippen LogP contribution is 2.29. The van der Waals surface area contributed by atoms with Gasteiger partial charge in [0.05, 0.1) is 6.61 Å². The van der Waals surface area contributed by atoms with Gasteiger partial charge in [0.2, 0.25) is 0 Å². The van der Waals surface area contributed by atoms with Crippen LogP contribution in [0.1, 0.15) is 17.2 Å². The summed E-state index contributed by atoms with van der Waals surface area (Å²) in [4.78, 5) is 10.9. The SMILES string of the molecule is O=C(O)C1OCCc2ccc(Br)cc21. The van der Waals surface area contributed by atoms with Crippen molar-refractivity contribution in [1.29, 1.82) is 0 Å². The lowest BCUT2D eigenvalue weighted by atomic mass is 9.98. The Balaban J connectivity index is 2.46. The third-order valence-electron chi connectivity index (χ3n) is 2.27. The van der Waals surface area contributed by atoms with Crippen LogP contribution in [0, 0.1) is 0 Å². The molecule has 4 heteroatoms. The van der Waals surface area contributed by atoms with Crippen molar-refractivity contribution >= 4 is 21.9 Å². The molecular formula is C10H9BrO3. The molecule has 0 fully saturated rings. The molecule has 1 aliphatic heterocycles. The standard InChI is InChI=1S/C10H9BrO3/c11-7-2-1-6-3-4-14-9(10(12)13)8(6)5-7/h1-2,5,9H,3-4H2,(H,12,13). The van der Waals surface area contributed by atoms with Crippen LogP contribution >= 0.6 is 15.9 Å². The summed E-state index contributed by atoms with van der Waals surface area (Å²) in [6.45, 7) is 0.478. The Morgan fingerprint density at radius 3 is 3.07 bits per heavy atom. The maximum absolute atomic E-state index is 10.9. The number of hydrogen-bond acceptors (Lipinski definition) is 2. The third kappa shape index (κ3) is 1.67. The predicted octanol–water partition coefficient (Wildman–Crippen LogP) is 2.15. The van der Waals surface area contributed by atoms with E-state index in [1.165, 1.54) is 0 Å². The highest BCUT2D eigenvalue weighted by Gasteiger charge is 2.26. The van der Waals surface area contributed by atoms with Crippen LogP contribution in [0.4, 0.5) is 0 Å². The van der Waals surface area contributed by atoms with Gasteiger partial charge < -0.3 is 9.84 Å². The van der Waals surface area contributed by atoms with E-state index in [2.05, 4.69) is 15.9 Å². The lowest BCUT2D eigenvalue weighted by Crippen LogP contribution is -2.22. The molecule has 1 heterocycles. The molecule has 0 aromatic heterocycles. The van der Waals surface area contributed by atoms with Crippen LogP contribution in [-0.4, -0.2) is 17.7 Å². The van der Waals surface area contributed by atoms with E-state index in [0.717, 1.165) is 22.0 Å². The molecular weight excluding hydrogens is 248 g/mol. The van der Waals surface area contributed by atoms with Crippen molar-refractivity contribution in [3.8, 4) is 0 Å². The van der Waals surface area contributed by atoms with Crippen LogP contribution in [0.25, 0.3) is 0 Å². The van der Waals surface area contributed by atoms with Crippen molar-refractivity contribution in [1.82, 2.24) is 0 Å². The van der Waals surface area contributed by atoms with Crippen molar-refractivity contribution in [2.75, 3.05) is 6.61 Å². The summed E-state index contributed by atoms with van der Waals surface area (Å²) in [7, 11) is 0. The van der Waals surface area contributed by atoms with Gasteiger partial charge in [0, 0.05) is 4.47 Å². The van der Waals surface area contributed by atoms with Gasteiger partial charge in [-0.25, -0.2) is 4.79 Å². The van der Waals surface area contributed by atoms with E-state index >= 15 is 0 Å². The zero-order valence-electron chi connectivity index (χ0n) is 7.37. The number of aliphatic carboxylic acids is 1. The number of ether oxygens (including phenoxy) is 1. The Hall–Kier alpha value is -0.870. The molecule has 0 bridgehead atoms. The molecule has 14 heavy (non-hydrogen) atoms. The maximum atomic E-state index is 10.9. The molecule has 74 valence electrons. The molecule has 1 unspecified atom stereocenters. The second kappa shape index (κ2) is 3.71. The summed E-state index contributed by atoms with van der Waals surface area (Å²) in [5.74, 6) is -0.927. The molecule has 0 radical (unpaired) electrons. The Morgan fingerprint density at radius 1 is 1.57 bits per heavy atom. The molecule has 0 aliphatic carbocycles. The highest BCUT2D eigenvalue weighted by atomic mass is 79.9. The minimum absolute atomic E-state index is 0.478. The molecule has 0 saturated heterocycles. The minimum Gasteiger partial charge on any atom is -0.479 e. The third-order valence-corrected chi connectivity index (χ3v) is 2.76. The average molecular weight is 257 g/mol. The first kappa shape index (κ1) is 9.68. The molecule has 0 amide bonds. The normalized spacial score (nSPS) is 20.2. The monoisotopic (exact) mass is 256 g/mol. The van der Waals surface area contributed by atoms with Crippen molar-refractivity contribution in [3.63, 3.8) is 0 Å². The smallest absolute Gasteiger partial charge is 0.337 e. The first-order chi connectivity index (χ1) is 6.68. The molecule has 2 rings (SSSR count). The van der Waals surface area contributed by atoms with E-state index in [1.807, 2.05) is 18.2 Å². The fourth-order valence-electron chi connectivity index (χ4n) is 1.62. The number of carboxylic acids is 1. The Morgan fingerprint density at radius 2 is 2.36 bits per heavy atom. The van der Waals surface area contributed by atoms with E-state index in [9.17, 15) is 4.79 Å². The molecule has 1 N–H and O–H groups in total. The Kier molecular flexibility index (Phi) is 2.56. The first-order valence-electron chi connectivity index (χ1n) is 4.31. The largest absolute Gasteiger partial charge is 0.479 e. The zero-order valence-corrected chi connectivity index (χ0v) is 8.95. The van der Waals surface area contributed by atoms with Gasteiger partial charge in [-0.2, -0.15) is 0 Å². The molecule has 3 nitrogen and oxygen atoms in total. The van der Waals surface area contributed by atoms with Crippen molar-refractivity contribution in [2.24, 2.45) is 0 Å². The molecule has 1 aliphatic rings. The Labute approximate surface area is 89.8 Å². The van der Waals surface area contributed by atoms with Crippen LogP contribution in [0.2, 0.25) is 0 Å². The number of carboxylic acid groups (broad SMARTS) is 1. The van der Waals surface area contributed by atoms with Gasteiger partial charge in [0.15, 0.2) is 6.10 Å². The molecule has 1 aromatic carbocycles. The van der Waals surface area contributed by atoms with Crippen molar-refractivity contribution in [3.05, 3.63) is 33.8 Å². The van der Waals surface area contributed by atoms with E-state index < -0.39 is 12.1 Å². The average Bonchev–Trinajstić information content (AvgIpc) is 2.16. The summed E-state index contributed by atoms with van der Waals surface area (Å²) in [6, 6.07) is 5.67. The summed E-state index contributed by atoms with van der Waals surface area (Å²) in [6.07, 6.45) is -0.0249. The summed E-state index contributed by atoms with van der Waals surface area (Å²) >= 11 is 3.32. The fraction of sp³-hybridized carbons (Fsp3) is 0.300. The van der Waals surface area contributed by atoms with E-state index in [1.54, 1.807) is 0 Å². The highest BCUT2D eigenvalue weighted by molar-refractivity contribution is 9.10. The van der Waals surface area contributed by atoms with Crippen LogP contribution in [-0.2, 0) is 16.0 Å². The van der Waals surface area contributed by atoms with Crippen molar-refractivity contribution < 1.29 is 14.6 Å². The number of carbonyl (C=O) groups is 1. The predicted molar refractivity (Wildman–Crippen MR) is 54.2 cm³/mol. The molecule has 1 atom stereocenters. The van der Waals surface area contributed by atoms with Crippen LogP contribution < -0.4 is 0 Å². The minimum atomic E-state index is -0.927. The molecule has 0 spiro atoms. The van der Waals surface area contributed by atoms with E-state index in [0.29, 0.717) is 6.61 Å². The van der Waals surface area contributed by atoms with Crippen LogP contribution in [0.5, 0.6) is 0 Å². The second-order valence-corrected chi connectivity index (χ2v) is 4.10. The second-order valence-electron chi connectivity index (χ2n) is 3.18. The number of fused-ring (bicyclic) bond motifs is 1. The van der Waals surface area contributed by atoms with Gasteiger partial charge >= 0.3 is 5.97 Å². The lowest BCUT2D eigenvalue weighted by molar-refractivity contribution is -0.151. The number of halogens is 1. The summed E-state index contributed by atoms with van der Waals surface area (Å²) in [5, 5.41) is 8.94. The lowest BCUT2D eigenvalue weighted by Gasteiger charge is -2.22. The number of rotatable bonds is 1. The van der Waals surface area contributed by atoms with E-state index in [4.69, 9.17) is 9.84 Å². The first-order valence-corrected chi connectivity index (χ1v) is 5.10. The number of benzene rings is 1. The zero-order chi connectivity index (χ0) is 10.1. The number of hydrogen-bond donors (Lipinski definition) is 1. The maximum Gasteiger partial charge on any atom is 0.337 e. The fourth-order valence-corrected chi connectivity index (χ4v) is 2.00. The quantitative estimate of drug-likeness (QED) is 0.838. The topological polar surface area (TPSA) is 46.5 Å². The van der Waals surface area contributed by atoms with E-state index in [-0.39, 0.29) is 0 Å². The van der Waals surface area contributed by atoms with Crippen molar-refractivity contribution in [2.45, 2.75) is 12.5 Å². The van der Waals surface area contributed by atoms with Gasteiger partial charge in [-0.1, -0.05) is 22.0 Å². The summed E-state index contributed by atoms with van der Waals surface area (Å²) < 4.78 is 6.08. The summed E-state index contributed by atoms with van der Waals surface area (Å²) in [5.41, 5.74) is 1.82.